The van der Waals surface area contributed by atoms with E-state index < -0.39 is 0 Å². The molecule has 0 aromatic heterocycles. The van der Waals surface area contributed by atoms with E-state index in [2.05, 4.69) is 76.2 Å². The summed E-state index contributed by atoms with van der Waals surface area (Å²) < 4.78 is 0. The molecule has 2 aliphatic rings. The predicted octanol–water partition coefficient (Wildman–Crippen LogP) is 2.37. The van der Waals surface area contributed by atoms with Gasteiger partial charge in [-0.05, 0) is 24.0 Å². The molecule has 2 fully saturated rings. The van der Waals surface area contributed by atoms with Crippen LogP contribution in [0.25, 0.3) is 0 Å². The molecule has 2 aromatic carbocycles. The summed E-state index contributed by atoms with van der Waals surface area (Å²) in [6.07, 6.45) is 2.26. The van der Waals surface area contributed by atoms with E-state index in [1.165, 1.54) is 11.1 Å². The lowest BCUT2D eigenvalue weighted by Crippen LogP contribution is -2.57. The third kappa shape index (κ3) is 4.32. The van der Waals surface area contributed by atoms with Gasteiger partial charge in [-0.2, -0.15) is 0 Å². The van der Waals surface area contributed by atoms with Gasteiger partial charge in [0.1, 0.15) is 0 Å². The Hall–Kier alpha value is -2.17. The number of nitrogens with zero attached hydrogens (tertiary/aromatic N) is 1. The van der Waals surface area contributed by atoms with E-state index in [-0.39, 0.29) is 11.9 Å². The molecule has 2 N–H and O–H groups in total. The number of piperazine rings is 1. The van der Waals surface area contributed by atoms with Crippen molar-refractivity contribution in [1.82, 2.24) is 15.5 Å². The molecule has 0 radical (unpaired) electrons. The Bertz CT molecular complexity index is 675. The average molecular weight is 349 g/mol. The van der Waals surface area contributed by atoms with Crippen LogP contribution in [0.15, 0.2) is 60.7 Å². The van der Waals surface area contributed by atoms with Crippen molar-refractivity contribution in [3.8, 4) is 0 Å². The molecule has 0 bridgehead atoms. The molecule has 1 aliphatic heterocycles. The number of nitrogens with one attached hydrogen (secondary N) is 2. The fourth-order valence-corrected chi connectivity index (χ4v) is 3.71. The van der Waals surface area contributed by atoms with Gasteiger partial charge in [0, 0.05) is 38.1 Å². The van der Waals surface area contributed by atoms with Gasteiger partial charge in [-0.25, -0.2) is 0 Å². The standard InChI is InChI=1S/C22H27N3O/c26-22(24-19-11-12-19)21-16-25(14-13-23-21)15-20(17-7-3-1-4-8-17)18-9-5-2-6-10-18/h1-10,19-21,23H,11-16H2,(H,24,26)/t21-/m1/s1. The highest BCUT2D eigenvalue weighted by atomic mass is 16.2. The summed E-state index contributed by atoms with van der Waals surface area (Å²) in [6.45, 7) is 3.54. The zero-order valence-corrected chi connectivity index (χ0v) is 15.1. The lowest BCUT2D eigenvalue weighted by atomic mass is 9.90. The minimum atomic E-state index is -0.100. The van der Waals surface area contributed by atoms with E-state index in [0.29, 0.717) is 12.0 Å². The van der Waals surface area contributed by atoms with Crippen LogP contribution in [0.2, 0.25) is 0 Å². The Morgan fingerprint density at radius 3 is 2.23 bits per heavy atom. The van der Waals surface area contributed by atoms with Crippen LogP contribution in [0.5, 0.6) is 0 Å². The first kappa shape index (κ1) is 17.3. The first-order valence-corrected chi connectivity index (χ1v) is 9.65. The third-order valence-corrected chi connectivity index (χ3v) is 5.34. The van der Waals surface area contributed by atoms with Gasteiger partial charge in [-0.1, -0.05) is 60.7 Å². The lowest BCUT2D eigenvalue weighted by Gasteiger charge is -2.35. The monoisotopic (exact) mass is 349 g/mol. The Morgan fingerprint density at radius 2 is 1.65 bits per heavy atom. The van der Waals surface area contributed by atoms with Crippen LogP contribution in [-0.4, -0.2) is 49.1 Å². The van der Waals surface area contributed by atoms with Crippen molar-refractivity contribution < 1.29 is 4.79 Å². The highest BCUT2D eigenvalue weighted by Crippen LogP contribution is 2.26. The van der Waals surface area contributed by atoms with Gasteiger partial charge in [0.15, 0.2) is 0 Å². The highest BCUT2D eigenvalue weighted by Gasteiger charge is 2.31. The molecule has 1 saturated carbocycles. The summed E-state index contributed by atoms with van der Waals surface area (Å²) >= 11 is 0. The Kier molecular flexibility index (Phi) is 5.32. The van der Waals surface area contributed by atoms with Gasteiger partial charge in [0.05, 0.1) is 6.04 Å². The molecule has 1 saturated heterocycles. The molecule has 1 atom stereocenters. The Balaban J connectivity index is 1.47. The summed E-state index contributed by atoms with van der Waals surface area (Å²) in [6, 6.07) is 21.7. The third-order valence-electron chi connectivity index (χ3n) is 5.34. The Morgan fingerprint density at radius 1 is 1.04 bits per heavy atom. The summed E-state index contributed by atoms with van der Waals surface area (Å²) in [5.41, 5.74) is 2.66. The lowest BCUT2D eigenvalue weighted by molar-refractivity contribution is -0.124. The molecular weight excluding hydrogens is 322 g/mol. The number of carbonyl (C=O) groups is 1. The number of carbonyl (C=O) groups excluding carboxylic acids is 1. The maximum atomic E-state index is 12.4. The van der Waals surface area contributed by atoms with Crippen molar-refractivity contribution in [1.29, 1.82) is 0 Å². The minimum absolute atomic E-state index is 0.100. The molecule has 0 unspecified atom stereocenters. The molecule has 26 heavy (non-hydrogen) atoms. The SMILES string of the molecule is O=C(NC1CC1)[C@H]1CN(CC(c2ccccc2)c2ccccc2)CCN1. The second kappa shape index (κ2) is 8.02. The van der Waals surface area contributed by atoms with Gasteiger partial charge in [0.2, 0.25) is 5.91 Å². The maximum absolute atomic E-state index is 12.4. The molecule has 1 heterocycles. The summed E-state index contributed by atoms with van der Waals surface area (Å²) in [5.74, 6) is 0.482. The van der Waals surface area contributed by atoms with E-state index in [1.807, 2.05) is 0 Å². The van der Waals surface area contributed by atoms with E-state index in [9.17, 15) is 4.79 Å². The van der Waals surface area contributed by atoms with Crippen molar-refractivity contribution in [3.05, 3.63) is 71.8 Å². The molecular formula is C22H27N3O. The molecule has 1 aliphatic carbocycles. The molecule has 136 valence electrons. The number of benzene rings is 2. The smallest absolute Gasteiger partial charge is 0.238 e. The molecule has 1 amide bonds. The quantitative estimate of drug-likeness (QED) is 0.842. The van der Waals surface area contributed by atoms with Crippen molar-refractivity contribution in [2.24, 2.45) is 0 Å². The number of hydrogen-bond acceptors (Lipinski definition) is 3. The molecule has 4 rings (SSSR count). The maximum Gasteiger partial charge on any atom is 0.238 e. The van der Waals surface area contributed by atoms with Crippen LogP contribution in [-0.2, 0) is 4.79 Å². The zero-order valence-electron chi connectivity index (χ0n) is 15.1. The summed E-state index contributed by atoms with van der Waals surface area (Å²) in [4.78, 5) is 14.8. The number of hydrogen-bond donors (Lipinski definition) is 2. The zero-order chi connectivity index (χ0) is 17.8. The minimum Gasteiger partial charge on any atom is -0.352 e. The van der Waals surface area contributed by atoms with E-state index in [1.54, 1.807) is 0 Å². The Labute approximate surface area is 155 Å². The topological polar surface area (TPSA) is 44.4 Å². The van der Waals surface area contributed by atoms with Crippen LogP contribution < -0.4 is 10.6 Å². The van der Waals surface area contributed by atoms with Crippen LogP contribution >= 0.6 is 0 Å². The van der Waals surface area contributed by atoms with Crippen molar-refractivity contribution >= 4 is 5.91 Å². The van der Waals surface area contributed by atoms with Crippen molar-refractivity contribution in [2.75, 3.05) is 26.2 Å². The van der Waals surface area contributed by atoms with Crippen molar-refractivity contribution in [3.63, 3.8) is 0 Å². The van der Waals surface area contributed by atoms with Crippen molar-refractivity contribution in [2.45, 2.75) is 30.8 Å². The number of amides is 1. The molecule has 0 spiro atoms. The normalized spacial score (nSPS) is 20.9. The van der Waals surface area contributed by atoms with E-state index in [4.69, 9.17) is 0 Å². The van der Waals surface area contributed by atoms with Gasteiger partial charge >= 0.3 is 0 Å². The first-order valence-electron chi connectivity index (χ1n) is 9.65. The average Bonchev–Trinajstić information content (AvgIpc) is 3.52. The van der Waals surface area contributed by atoms with Crippen LogP contribution in [0, 0.1) is 0 Å². The predicted molar refractivity (Wildman–Crippen MR) is 104 cm³/mol. The van der Waals surface area contributed by atoms with Gasteiger partial charge < -0.3 is 10.6 Å². The summed E-state index contributed by atoms with van der Waals surface area (Å²) in [5, 5.41) is 6.51. The highest BCUT2D eigenvalue weighted by molar-refractivity contribution is 5.82. The second-order valence-electron chi connectivity index (χ2n) is 7.42. The van der Waals surface area contributed by atoms with Gasteiger partial charge in [0.25, 0.3) is 0 Å². The second-order valence-corrected chi connectivity index (χ2v) is 7.42. The largest absolute Gasteiger partial charge is 0.352 e. The van der Waals surface area contributed by atoms with Gasteiger partial charge in [-0.3, -0.25) is 9.69 Å². The van der Waals surface area contributed by atoms with Crippen LogP contribution in [0.4, 0.5) is 0 Å². The fraction of sp³-hybridized carbons (Fsp3) is 0.409. The molecule has 2 aromatic rings. The number of rotatable bonds is 6. The van der Waals surface area contributed by atoms with Gasteiger partial charge in [-0.15, -0.1) is 0 Å². The van der Waals surface area contributed by atoms with Crippen LogP contribution in [0.3, 0.4) is 0 Å². The molecule has 4 heteroatoms. The van der Waals surface area contributed by atoms with E-state index >= 15 is 0 Å². The van der Waals surface area contributed by atoms with Crippen LogP contribution in [0.1, 0.15) is 29.9 Å². The van der Waals surface area contributed by atoms with E-state index in [0.717, 1.165) is 39.0 Å². The first-order chi connectivity index (χ1) is 12.8. The molecule has 4 nitrogen and oxygen atoms in total. The summed E-state index contributed by atoms with van der Waals surface area (Å²) in [7, 11) is 0. The fourth-order valence-electron chi connectivity index (χ4n) is 3.71.